The fraction of sp³-hybridized carbons (Fsp3) is 0.524. The first-order chi connectivity index (χ1) is 16.5. The lowest BCUT2D eigenvalue weighted by molar-refractivity contribution is -0.138. The molecular formula is C21H31BrN5O7P. The van der Waals surface area contributed by atoms with Crippen LogP contribution in [0.2, 0.25) is 0 Å². The smallest absolute Gasteiger partial charge is 0.344 e. The van der Waals surface area contributed by atoms with Crippen molar-refractivity contribution in [2.75, 3.05) is 31.2 Å². The van der Waals surface area contributed by atoms with Crippen LogP contribution in [-0.4, -0.2) is 60.3 Å². The Morgan fingerprint density at radius 1 is 1.14 bits per heavy atom. The van der Waals surface area contributed by atoms with Crippen molar-refractivity contribution in [2.24, 2.45) is 5.92 Å². The number of imide groups is 1. The molecule has 0 bridgehead atoms. The van der Waals surface area contributed by atoms with E-state index in [4.69, 9.17) is 9.05 Å². The third kappa shape index (κ3) is 7.50. The lowest BCUT2D eigenvalue weighted by Gasteiger charge is -2.30. The number of carbonyl (C=O) groups excluding carboxylic acids is 4. The maximum Gasteiger partial charge on any atom is 0.344 e. The Bertz CT molecular complexity index is 981. The van der Waals surface area contributed by atoms with Crippen LogP contribution in [0.1, 0.15) is 34.1 Å². The van der Waals surface area contributed by atoms with Gasteiger partial charge < -0.3 is 25.0 Å². The molecule has 35 heavy (non-hydrogen) atoms. The molecule has 1 unspecified atom stereocenters. The molecule has 1 aliphatic rings. The van der Waals surface area contributed by atoms with Gasteiger partial charge in [-0.05, 0) is 44.0 Å². The molecule has 1 heterocycles. The van der Waals surface area contributed by atoms with E-state index < -0.39 is 42.9 Å². The van der Waals surface area contributed by atoms with Crippen molar-refractivity contribution in [2.45, 2.75) is 39.7 Å². The lowest BCUT2D eigenvalue weighted by atomic mass is 9.83. The van der Waals surface area contributed by atoms with E-state index in [1.807, 2.05) is 0 Å². The number of carbonyl (C=O) groups is 4. The first-order valence-electron chi connectivity index (χ1n) is 11.1. The van der Waals surface area contributed by atoms with E-state index in [2.05, 4.69) is 37.3 Å². The summed E-state index contributed by atoms with van der Waals surface area (Å²) in [6.45, 7) is 7.10. The first kappa shape index (κ1) is 28.8. The largest absolute Gasteiger partial charge is 0.355 e. The Balaban J connectivity index is 2.02. The van der Waals surface area contributed by atoms with Gasteiger partial charge in [0.25, 0.3) is 5.91 Å². The van der Waals surface area contributed by atoms with E-state index >= 15 is 0 Å². The number of amides is 6. The van der Waals surface area contributed by atoms with Crippen molar-refractivity contribution in [3.05, 3.63) is 28.7 Å². The van der Waals surface area contributed by atoms with Crippen LogP contribution >= 0.6 is 23.5 Å². The number of anilines is 1. The third-order valence-corrected chi connectivity index (χ3v) is 7.82. The van der Waals surface area contributed by atoms with Gasteiger partial charge >= 0.3 is 19.7 Å². The summed E-state index contributed by atoms with van der Waals surface area (Å²) < 4.78 is 23.7. The molecule has 12 nitrogen and oxygen atoms in total. The van der Waals surface area contributed by atoms with Crippen LogP contribution < -0.4 is 21.4 Å². The normalized spacial score (nSPS) is 17.9. The maximum atomic E-state index is 13.2. The number of hydrogen-bond acceptors (Lipinski definition) is 7. The van der Waals surface area contributed by atoms with Gasteiger partial charge in [-0.15, -0.1) is 0 Å². The summed E-state index contributed by atoms with van der Waals surface area (Å²) in [5.74, 6) is -1.80. The summed E-state index contributed by atoms with van der Waals surface area (Å²) in [5.41, 5.74) is 1.10. The number of hydrogen-bond donors (Lipinski definition) is 4. The first-order valence-corrected chi connectivity index (χ1v) is 13.6. The Hall–Kier alpha value is -2.47. The van der Waals surface area contributed by atoms with E-state index in [-0.39, 0.29) is 32.3 Å². The molecule has 1 aliphatic heterocycles. The van der Waals surface area contributed by atoms with Crippen LogP contribution in [0.15, 0.2) is 28.7 Å². The van der Waals surface area contributed by atoms with Crippen molar-refractivity contribution < 1.29 is 32.8 Å². The number of urea groups is 2. The molecule has 1 saturated heterocycles. The fourth-order valence-electron chi connectivity index (χ4n) is 3.41. The number of halogens is 1. The van der Waals surface area contributed by atoms with Gasteiger partial charge in [-0.25, -0.2) is 15.0 Å². The molecule has 1 aromatic carbocycles. The average molecular weight is 576 g/mol. The zero-order chi connectivity index (χ0) is 26.2. The predicted octanol–water partition coefficient (Wildman–Crippen LogP) is 3.20. The van der Waals surface area contributed by atoms with E-state index in [0.29, 0.717) is 10.7 Å². The monoisotopic (exact) mass is 575 g/mol. The van der Waals surface area contributed by atoms with E-state index in [0.717, 1.165) is 4.47 Å². The number of hydrazine groups is 1. The highest BCUT2D eigenvalue weighted by Gasteiger charge is 2.55. The highest BCUT2D eigenvalue weighted by atomic mass is 79.9. The summed E-state index contributed by atoms with van der Waals surface area (Å²) >= 11 is 3.29. The Kier molecular flexibility index (Phi) is 10.3. The van der Waals surface area contributed by atoms with Gasteiger partial charge in [0.05, 0.1) is 25.8 Å². The zero-order valence-electron chi connectivity index (χ0n) is 20.1. The fourth-order valence-corrected chi connectivity index (χ4v) is 5.18. The number of rotatable bonds is 12. The maximum absolute atomic E-state index is 13.2. The molecule has 1 aromatic rings. The number of benzene rings is 1. The van der Waals surface area contributed by atoms with E-state index in [1.54, 1.807) is 52.0 Å². The van der Waals surface area contributed by atoms with Gasteiger partial charge in [-0.1, -0.05) is 29.8 Å². The Labute approximate surface area is 212 Å². The second-order valence-electron chi connectivity index (χ2n) is 7.97. The van der Waals surface area contributed by atoms with E-state index in [1.165, 1.54) is 0 Å². The van der Waals surface area contributed by atoms with Crippen molar-refractivity contribution >= 4 is 53.1 Å². The van der Waals surface area contributed by atoms with Gasteiger partial charge in [0.1, 0.15) is 5.54 Å². The van der Waals surface area contributed by atoms with Crippen LogP contribution in [0.25, 0.3) is 0 Å². The summed E-state index contributed by atoms with van der Waals surface area (Å²) in [6.07, 6.45) is -0.422. The summed E-state index contributed by atoms with van der Waals surface area (Å²) in [4.78, 5) is 50.7. The summed E-state index contributed by atoms with van der Waals surface area (Å²) in [6, 6.07) is 5.03. The molecule has 0 spiro atoms. The lowest BCUT2D eigenvalue weighted by Crippen LogP contribution is -2.55. The molecule has 0 saturated carbocycles. The highest BCUT2D eigenvalue weighted by molar-refractivity contribution is 9.10. The second-order valence-corrected chi connectivity index (χ2v) is 11.1. The Morgan fingerprint density at radius 2 is 1.74 bits per heavy atom. The zero-order valence-corrected chi connectivity index (χ0v) is 22.5. The van der Waals surface area contributed by atoms with Crippen molar-refractivity contribution in [1.82, 2.24) is 21.1 Å². The minimum atomic E-state index is -3.34. The van der Waals surface area contributed by atoms with Gasteiger partial charge in [-0.3, -0.25) is 14.2 Å². The van der Waals surface area contributed by atoms with Crippen LogP contribution in [-0.2, 0) is 23.2 Å². The molecule has 0 aliphatic carbocycles. The van der Waals surface area contributed by atoms with Crippen LogP contribution in [0.4, 0.5) is 15.3 Å². The molecule has 0 aromatic heterocycles. The van der Waals surface area contributed by atoms with Gasteiger partial charge in [0.15, 0.2) is 0 Å². The van der Waals surface area contributed by atoms with Crippen LogP contribution in [0, 0.1) is 5.92 Å². The molecule has 6 amide bonds. The van der Waals surface area contributed by atoms with Gasteiger partial charge in [0, 0.05) is 16.7 Å². The number of nitrogens with zero attached hydrogens (tertiary/aromatic N) is 1. The third-order valence-electron chi connectivity index (χ3n) is 5.22. The minimum absolute atomic E-state index is 0.00994. The SMILES string of the molecule is CCOP(=O)(CCNC(=O)CC1(C(C)C)NC(=O)N(NC(=O)Nc2ccc(Br)cc2)C1=O)OCC. The quantitative estimate of drug-likeness (QED) is 0.220. The summed E-state index contributed by atoms with van der Waals surface area (Å²) in [5, 5.41) is 8.22. The summed E-state index contributed by atoms with van der Waals surface area (Å²) in [7, 11) is -3.34. The van der Waals surface area contributed by atoms with Crippen molar-refractivity contribution in [3.8, 4) is 0 Å². The topological polar surface area (TPSA) is 155 Å². The Morgan fingerprint density at radius 3 is 2.29 bits per heavy atom. The van der Waals surface area contributed by atoms with Crippen LogP contribution in [0.3, 0.4) is 0 Å². The molecule has 2 rings (SSSR count). The molecular weight excluding hydrogens is 545 g/mol. The van der Waals surface area contributed by atoms with Crippen molar-refractivity contribution in [1.29, 1.82) is 0 Å². The molecule has 194 valence electrons. The molecule has 4 N–H and O–H groups in total. The second kappa shape index (κ2) is 12.5. The van der Waals surface area contributed by atoms with Crippen molar-refractivity contribution in [3.63, 3.8) is 0 Å². The molecule has 14 heteroatoms. The van der Waals surface area contributed by atoms with E-state index in [9.17, 15) is 23.7 Å². The van der Waals surface area contributed by atoms with Gasteiger partial charge in [-0.2, -0.15) is 5.01 Å². The van der Waals surface area contributed by atoms with Crippen LogP contribution in [0.5, 0.6) is 0 Å². The van der Waals surface area contributed by atoms with Gasteiger partial charge in [0.2, 0.25) is 5.91 Å². The molecule has 1 fully saturated rings. The minimum Gasteiger partial charge on any atom is -0.355 e. The average Bonchev–Trinajstić information content (AvgIpc) is 3.00. The predicted molar refractivity (Wildman–Crippen MR) is 133 cm³/mol. The highest BCUT2D eigenvalue weighted by Crippen LogP contribution is 2.47. The number of nitrogens with one attached hydrogen (secondary N) is 4. The molecule has 0 radical (unpaired) electrons. The standard InChI is InChI=1S/C21H31BrN5O7P/c1-5-33-35(32,34-6-2)12-11-23-17(28)13-21(14(3)4)18(29)27(20(31)25-21)26-19(30)24-16-9-7-15(22)8-10-16/h7-10,14H,5-6,11-13H2,1-4H3,(H,23,28)(H,25,31)(H2,24,26,30). The molecule has 1 atom stereocenters.